The molecular formula is C29H29FN2O4. The SMILES string of the molecule is CCCCOc1cc(OC)ccc1[C@@H]1[C@H](/C=C/C(=O)c2ccc(F)cc2)NC(=O)N1c1ccccc1. The number of hydrogen-bond acceptors (Lipinski definition) is 4. The van der Waals surface area contributed by atoms with Crippen LogP contribution >= 0.6 is 0 Å². The molecule has 1 N–H and O–H groups in total. The molecule has 186 valence electrons. The maximum absolute atomic E-state index is 13.3. The predicted molar refractivity (Wildman–Crippen MR) is 137 cm³/mol. The summed E-state index contributed by atoms with van der Waals surface area (Å²) < 4.78 is 24.8. The second-order valence-electron chi connectivity index (χ2n) is 8.46. The quantitative estimate of drug-likeness (QED) is 0.213. The van der Waals surface area contributed by atoms with E-state index in [2.05, 4.69) is 12.2 Å². The van der Waals surface area contributed by atoms with E-state index in [1.807, 2.05) is 48.5 Å². The van der Waals surface area contributed by atoms with Crippen LogP contribution in [0.15, 0.2) is 84.9 Å². The third-order valence-electron chi connectivity index (χ3n) is 6.04. The molecule has 1 aliphatic heterocycles. The van der Waals surface area contributed by atoms with Gasteiger partial charge in [-0.15, -0.1) is 0 Å². The summed E-state index contributed by atoms with van der Waals surface area (Å²) in [5.41, 5.74) is 1.87. The summed E-state index contributed by atoms with van der Waals surface area (Å²) >= 11 is 0. The molecule has 7 heteroatoms. The normalized spacial score (nSPS) is 17.3. The van der Waals surface area contributed by atoms with Crippen LogP contribution in [0.1, 0.15) is 41.7 Å². The Balaban J connectivity index is 1.73. The maximum atomic E-state index is 13.3. The van der Waals surface area contributed by atoms with E-state index < -0.39 is 17.9 Å². The number of allylic oxidation sites excluding steroid dienone is 1. The molecule has 2 amide bonds. The van der Waals surface area contributed by atoms with Crippen LogP contribution in [-0.4, -0.2) is 31.6 Å². The molecule has 2 atom stereocenters. The smallest absolute Gasteiger partial charge is 0.323 e. The van der Waals surface area contributed by atoms with Gasteiger partial charge in [-0.25, -0.2) is 9.18 Å². The van der Waals surface area contributed by atoms with Crippen LogP contribution in [0, 0.1) is 5.82 Å². The van der Waals surface area contributed by atoms with Crippen molar-refractivity contribution >= 4 is 17.5 Å². The van der Waals surface area contributed by atoms with Crippen molar-refractivity contribution in [1.82, 2.24) is 5.32 Å². The van der Waals surface area contributed by atoms with Gasteiger partial charge in [-0.2, -0.15) is 0 Å². The molecule has 3 aromatic carbocycles. The first-order chi connectivity index (χ1) is 17.5. The number of nitrogens with one attached hydrogen (secondary N) is 1. The molecule has 0 aliphatic carbocycles. The van der Waals surface area contributed by atoms with E-state index in [4.69, 9.17) is 9.47 Å². The van der Waals surface area contributed by atoms with Gasteiger partial charge in [0.1, 0.15) is 17.3 Å². The molecule has 0 saturated carbocycles. The molecule has 36 heavy (non-hydrogen) atoms. The number of amides is 2. The number of urea groups is 1. The third-order valence-corrected chi connectivity index (χ3v) is 6.04. The maximum Gasteiger partial charge on any atom is 0.323 e. The van der Waals surface area contributed by atoms with Crippen LogP contribution < -0.4 is 19.7 Å². The molecule has 0 unspecified atom stereocenters. The summed E-state index contributed by atoms with van der Waals surface area (Å²) in [5.74, 6) is 0.573. The Kier molecular flexibility index (Phi) is 8.00. The fourth-order valence-corrected chi connectivity index (χ4v) is 4.17. The van der Waals surface area contributed by atoms with Gasteiger partial charge in [0.15, 0.2) is 5.78 Å². The number of carbonyl (C=O) groups excluding carboxylic acids is 2. The van der Waals surface area contributed by atoms with E-state index in [0.29, 0.717) is 23.7 Å². The summed E-state index contributed by atoms with van der Waals surface area (Å²) in [6.45, 7) is 2.62. The minimum atomic E-state index is -0.524. The number of rotatable bonds is 10. The minimum Gasteiger partial charge on any atom is -0.497 e. The van der Waals surface area contributed by atoms with E-state index in [1.165, 1.54) is 30.3 Å². The number of halogens is 1. The van der Waals surface area contributed by atoms with Crippen molar-refractivity contribution in [2.45, 2.75) is 31.8 Å². The molecule has 0 radical (unpaired) electrons. The molecule has 1 aliphatic rings. The summed E-state index contributed by atoms with van der Waals surface area (Å²) in [5, 5.41) is 2.99. The first kappa shape index (κ1) is 25.0. The van der Waals surface area contributed by atoms with Gasteiger partial charge in [0.25, 0.3) is 0 Å². The highest BCUT2D eigenvalue weighted by atomic mass is 19.1. The number of carbonyl (C=O) groups is 2. The van der Waals surface area contributed by atoms with Gasteiger partial charge in [-0.3, -0.25) is 9.69 Å². The van der Waals surface area contributed by atoms with Gasteiger partial charge in [0, 0.05) is 22.9 Å². The highest BCUT2D eigenvalue weighted by Gasteiger charge is 2.41. The van der Waals surface area contributed by atoms with E-state index in [9.17, 15) is 14.0 Å². The predicted octanol–water partition coefficient (Wildman–Crippen LogP) is 6.09. The molecule has 0 spiro atoms. The first-order valence-corrected chi connectivity index (χ1v) is 12.0. The van der Waals surface area contributed by atoms with E-state index in [1.54, 1.807) is 18.1 Å². The first-order valence-electron chi connectivity index (χ1n) is 12.0. The number of ketones is 1. The molecule has 6 nitrogen and oxygen atoms in total. The average molecular weight is 489 g/mol. The van der Waals surface area contributed by atoms with Crippen LogP contribution in [0.2, 0.25) is 0 Å². The zero-order valence-corrected chi connectivity index (χ0v) is 20.3. The Morgan fingerprint density at radius 2 is 1.83 bits per heavy atom. The van der Waals surface area contributed by atoms with Gasteiger partial charge in [0.05, 0.1) is 25.8 Å². The molecule has 0 aromatic heterocycles. The lowest BCUT2D eigenvalue weighted by molar-refractivity contribution is 0.104. The molecular weight excluding hydrogens is 459 g/mol. The van der Waals surface area contributed by atoms with Crippen molar-refractivity contribution in [3.05, 3.63) is 102 Å². The summed E-state index contributed by atoms with van der Waals surface area (Å²) in [6, 6.07) is 19.0. The second-order valence-corrected chi connectivity index (χ2v) is 8.46. The van der Waals surface area contributed by atoms with E-state index >= 15 is 0 Å². The van der Waals surface area contributed by atoms with Gasteiger partial charge >= 0.3 is 6.03 Å². The fraction of sp³-hybridized carbons (Fsp3) is 0.241. The van der Waals surface area contributed by atoms with Crippen LogP contribution in [0.3, 0.4) is 0 Å². The van der Waals surface area contributed by atoms with Gasteiger partial charge < -0.3 is 14.8 Å². The van der Waals surface area contributed by atoms with Crippen LogP contribution in [0.25, 0.3) is 0 Å². The topological polar surface area (TPSA) is 67.9 Å². The van der Waals surface area contributed by atoms with Gasteiger partial charge in [0.2, 0.25) is 0 Å². The Bertz CT molecular complexity index is 1230. The van der Waals surface area contributed by atoms with Crippen molar-refractivity contribution < 1.29 is 23.5 Å². The van der Waals surface area contributed by atoms with Gasteiger partial charge in [-0.1, -0.05) is 37.6 Å². The highest BCUT2D eigenvalue weighted by molar-refractivity contribution is 6.04. The highest BCUT2D eigenvalue weighted by Crippen LogP contribution is 2.40. The van der Waals surface area contributed by atoms with Crippen LogP contribution in [0.4, 0.5) is 14.9 Å². The molecule has 1 fully saturated rings. The number of methoxy groups -OCH3 is 1. The largest absolute Gasteiger partial charge is 0.497 e. The summed E-state index contributed by atoms with van der Waals surface area (Å²) in [4.78, 5) is 27.6. The van der Waals surface area contributed by atoms with Crippen molar-refractivity contribution in [1.29, 1.82) is 0 Å². The molecule has 3 aromatic rings. The molecule has 4 rings (SSSR count). The van der Waals surface area contributed by atoms with Crippen LogP contribution in [-0.2, 0) is 0 Å². The number of ether oxygens (including phenoxy) is 2. The number of unbranched alkanes of at least 4 members (excludes halogenated alkanes) is 1. The lowest BCUT2D eigenvalue weighted by Crippen LogP contribution is -2.29. The van der Waals surface area contributed by atoms with Crippen molar-refractivity contribution in [2.24, 2.45) is 0 Å². The van der Waals surface area contributed by atoms with Crippen molar-refractivity contribution in [3.8, 4) is 11.5 Å². The van der Waals surface area contributed by atoms with Crippen molar-refractivity contribution in [2.75, 3.05) is 18.6 Å². The second kappa shape index (κ2) is 11.5. The molecule has 1 saturated heterocycles. The zero-order chi connectivity index (χ0) is 25.5. The molecule has 1 heterocycles. The Morgan fingerprint density at radius 1 is 1.08 bits per heavy atom. The standard InChI is InChI=1S/C29H29FN2O4/c1-3-4-18-36-27-19-23(35-2)14-15-24(27)28-25(16-17-26(33)20-10-12-21(30)13-11-20)31-29(34)32(28)22-8-6-5-7-9-22/h5-17,19,25,28H,3-4,18H2,1-2H3,(H,31,34)/b17-16+/t25-,28+/m0/s1. The lowest BCUT2D eigenvalue weighted by Gasteiger charge is -2.28. The fourth-order valence-electron chi connectivity index (χ4n) is 4.17. The van der Waals surface area contributed by atoms with Crippen molar-refractivity contribution in [3.63, 3.8) is 0 Å². The number of benzene rings is 3. The monoisotopic (exact) mass is 488 g/mol. The summed E-state index contributed by atoms with van der Waals surface area (Å²) in [7, 11) is 1.59. The summed E-state index contributed by atoms with van der Waals surface area (Å²) in [6.07, 6.45) is 4.96. The minimum absolute atomic E-state index is 0.282. The number of anilines is 1. The Morgan fingerprint density at radius 3 is 2.53 bits per heavy atom. The molecule has 0 bridgehead atoms. The van der Waals surface area contributed by atoms with Gasteiger partial charge in [-0.05, 0) is 61.0 Å². The van der Waals surface area contributed by atoms with Crippen LogP contribution in [0.5, 0.6) is 11.5 Å². The third kappa shape index (κ3) is 5.57. The number of nitrogens with zero attached hydrogens (tertiary/aromatic N) is 1. The zero-order valence-electron chi connectivity index (χ0n) is 20.3. The number of para-hydroxylation sites is 1. The average Bonchev–Trinajstić information content (AvgIpc) is 3.23. The Labute approximate surface area is 210 Å². The van der Waals surface area contributed by atoms with E-state index in [0.717, 1.165) is 24.1 Å². The number of hydrogen-bond donors (Lipinski definition) is 1. The Hall–Kier alpha value is -4.13. The lowest BCUT2D eigenvalue weighted by atomic mass is 9.96. The van der Waals surface area contributed by atoms with E-state index in [-0.39, 0.29) is 11.8 Å².